The Balaban J connectivity index is 1.59. The van der Waals surface area contributed by atoms with Gasteiger partial charge in [-0.1, -0.05) is 12.1 Å². The second-order valence-corrected chi connectivity index (χ2v) is 7.86. The number of carbonyl (C=O) groups excluding carboxylic acids is 1. The molecule has 8 nitrogen and oxygen atoms in total. The molecular formula is C23H31FN6O2. The maximum atomic E-state index is 14.1. The lowest BCUT2D eigenvalue weighted by molar-refractivity contribution is -0.127. The topological polar surface area (TPSA) is 82.1 Å². The predicted octanol–water partition coefficient (Wildman–Crippen LogP) is 1.67. The summed E-state index contributed by atoms with van der Waals surface area (Å²) in [6.45, 7) is 2.01. The van der Waals surface area contributed by atoms with Gasteiger partial charge in [0.2, 0.25) is 5.91 Å². The standard InChI is InChI=1S/C23H31FN6O2/c1-29(2)21(31)15-27-23(26-13-10-17-6-8-19(32-3)9-7-17)28-18-11-14-30(16-18)22-20(24)5-4-12-25-22/h4-9,12,18H,10-11,13-16H2,1-3H3,(H2,26,27,28). The van der Waals surface area contributed by atoms with Gasteiger partial charge >= 0.3 is 0 Å². The van der Waals surface area contributed by atoms with Gasteiger partial charge in [-0.2, -0.15) is 0 Å². The van der Waals surface area contributed by atoms with E-state index in [1.807, 2.05) is 29.2 Å². The van der Waals surface area contributed by atoms with Gasteiger partial charge in [-0.05, 0) is 42.7 Å². The number of benzene rings is 1. The maximum absolute atomic E-state index is 14.1. The molecule has 1 aromatic heterocycles. The quantitative estimate of drug-likeness (QED) is 0.478. The van der Waals surface area contributed by atoms with Crippen LogP contribution in [0.3, 0.4) is 0 Å². The molecule has 2 aromatic rings. The first kappa shape index (κ1) is 23.3. The van der Waals surface area contributed by atoms with E-state index in [1.54, 1.807) is 33.5 Å². The fraction of sp³-hybridized carbons (Fsp3) is 0.435. The number of amides is 1. The highest BCUT2D eigenvalue weighted by molar-refractivity contribution is 5.85. The van der Waals surface area contributed by atoms with Crippen LogP contribution in [0.1, 0.15) is 12.0 Å². The van der Waals surface area contributed by atoms with Crippen LogP contribution in [0, 0.1) is 5.82 Å². The molecule has 1 aliphatic rings. The Morgan fingerprint density at radius 2 is 2.09 bits per heavy atom. The predicted molar refractivity (Wildman–Crippen MR) is 124 cm³/mol. The highest BCUT2D eigenvalue weighted by atomic mass is 19.1. The van der Waals surface area contributed by atoms with E-state index in [4.69, 9.17) is 4.74 Å². The van der Waals surface area contributed by atoms with Crippen LogP contribution < -0.4 is 20.3 Å². The van der Waals surface area contributed by atoms with Crippen LogP contribution in [-0.2, 0) is 11.2 Å². The largest absolute Gasteiger partial charge is 0.497 e. The number of aromatic nitrogens is 1. The smallest absolute Gasteiger partial charge is 0.243 e. The SMILES string of the molecule is COc1ccc(CCNC(=NCC(=O)N(C)C)NC2CCN(c3ncccc3F)C2)cc1. The number of rotatable bonds is 8. The number of hydrogen-bond acceptors (Lipinski definition) is 5. The molecule has 1 unspecified atom stereocenters. The van der Waals surface area contributed by atoms with Crippen molar-refractivity contribution in [3.05, 3.63) is 54.0 Å². The highest BCUT2D eigenvalue weighted by Gasteiger charge is 2.26. The number of likely N-dealkylation sites (N-methyl/N-ethyl adjacent to an activating group) is 1. The summed E-state index contributed by atoms with van der Waals surface area (Å²) in [5.74, 6) is 1.36. The van der Waals surface area contributed by atoms with E-state index in [1.165, 1.54) is 16.5 Å². The number of ether oxygens (including phenoxy) is 1. The molecule has 2 N–H and O–H groups in total. The van der Waals surface area contributed by atoms with Gasteiger partial charge in [0.05, 0.1) is 7.11 Å². The van der Waals surface area contributed by atoms with Gasteiger partial charge in [-0.3, -0.25) is 4.79 Å². The lowest BCUT2D eigenvalue weighted by atomic mass is 10.1. The average molecular weight is 443 g/mol. The summed E-state index contributed by atoms with van der Waals surface area (Å²) < 4.78 is 19.3. The van der Waals surface area contributed by atoms with E-state index in [9.17, 15) is 9.18 Å². The average Bonchev–Trinajstić information content (AvgIpc) is 3.26. The van der Waals surface area contributed by atoms with Gasteiger partial charge in [-0.15, -0.1) is 0 Å². The Bertz CT molecular complexity index is 919. The molecule has 0 aliphatic carbocycles. The van der Waals surface area contributed by atoms with Gasteiger partial charge in [-0.25, -0.2) is 14.4 Å². The van der Waals surface area contributed by atoms with Crippen LogP contribution in [0.4, 0.5) is 10.2 Å². The molecular weight excluding hydrogens is 411 g/mol. The van der Waals surface area contributed by atoms with Crippen molar-refractivity contribution < 1.29 is 13.9 Å². The van der Waals surface area contributed by atoms with Crippen molar-refractivity contribution in [2.24, 2.45) is 4.99 Å². The van der Waals surface area contributed by atoms with Crippen molar-refractivity contribution in [3.63, 3.8) is 0 Å². The normalized spacial score (nSPS) is 16.1. The minimum Gasteiger partial charge on any atom is -0.497 e. The fourth-order valence-corrected chi connectivity index (χ4v) is 3.43. The molecule has 2 heterocycles. The van der Waals surface area contributed by atoms with Crippen molar-refractivity contribution in [3.8, 4) is 5.75 Å². The number of aliphatic imine (C=N–C) groups is 1. The molecule has 1 aromatic carbocycles. The zero-order chi connectivity index (χ0) is 22.9. The molecule has 1 atom stereocenters. The van der Waals surface area contributed by atoms with Crippen molar-refractivity contribution in [2.75, 3.05) is 52.3 Å². The number of guanidine groups is 1. The van der Waals surface area contributed by atoms with E-state index in [-0.39, 0.29) is 24.3 Å². The van der Waals surface area contributed by atoms with Crippen LogP contribution in [0.2, 0.25) is 0 Å². The summed E-state index contributed by atoms with van der Waals surface area (Å²) in [5, 5.41) is 6.70. The Morgan fingerprint density at radius 1 is 1.31 bits per heavy atom. The first-order valence-corrected chi connectivity index (χ1v) is 10.7. The first-order valence-electron chi connectivity index (χ1n) is 10.7. The monoisotopic (exact) mass is 442 g/mol. The maximum Gasteiger partial charge on any atom is 0.243 e. The van der Waals surface area contributed by atoms with Crippen LogP contribution in [0.15, 0.2) is 47.6 Å². The van der Waals surface area contributed by atoms with Crippen molar-refractivity contribution in [2.45, 2.75) is 18.9 Å². The Kier molecular flexibility index (Phi) is 8.24. The molecule has 0 bridgehead atoms. The van der Waals surface area contributed by atoms with Crippen LogP contribution >= 0.6 is 0 Å². The number of carbonyl (C=O) groups is 1. The summed E-state index contributed by atoms with van der Waals surface area (Å²) >= 11 is 0. The molecule has 0 saturated carbocycles. The zero-order valence-corrected chi connectivity index (χ0v) is 18.8. The molecule has 32 heavy (non-hydrogen) atoms. The van der Waals surface area contributed by atoms with E-state index in [2.05, 4.69) is 20.6 Å². The number of pyridine rings is 1. The molecule has 1 fully saturated rings. The molecule has 3 rings (SSSR count). The zero-order valence-electron chi connectivity index (χ0n) is 18.8. The van der Waals surface area contributed by atoms with Crippen LogP contribution in [0.5, 0.6) is 5.75 Å². The third kappa shape index (κ3) is 6.57. The molecule has 9 heteroatoms. The number of halogens is 1. The van der Waals surface area contributed by atoms with Crippen molar-refractivity contribution in [1.82, 2.24) is 20.5 Å². The number of methoxy groups -OCH3 is 1. The number of nitrogens with zero attached hydrogens (tertiary/aromatic N) is 4. The van der Waals surface area contributed by atoms with Gasteiger partial charge in [0.25, 0.3) is 0 Å². The second-order valence-electron chi connectivity index (χ2n) is 7.86. The van der Waals surface area contributed by atoms with E-state index in [0.717, 1.165) is 18.6 Å². The minimum atomic E-state index is -0.323. The summed E-state index contributed by atoms with van der Waals surface area (Å²) in [4.78, 5) is 24.1. The molecule has 1 amide bonds. The Morgan fingerprint density at radius 3 is 2.78 bits per heavy atom. The van der Waals surface area contributed by atoms with Gasteiger partial charge in [0.15, 0.2) is 17.6 Å². The van der Waals surface area contributed by atoms with Crippen LogP contribution in [-0.4, -0.2) is 75.2 Å². The lowest BCUT2D eigenvalue weighted by Crippen LogP contribution is -2.45. The molecule has 1 saturated heterocycles. The van der Waals surface area contributed by atoms with Gasteiger partial charge < -0.3 is 25.2 Å². The third-order valence-electron chi connectivity index (χ3n) is 5.30. The van der Waals surface area contributed by atoms with Gasteiger partial charge in [0, 0.05) is 46.0 Å². The molecule has 0 spiro atoms. The Labute approximate surface area is 188 Å². The van der Waals surface area contributed by atoms with Gasteiger partial charge in [0.1, 0.15) is 12.3 Å². The Hall–Kier alpha value is -3.36. The van der Waals surface area contributed by atoms with E-state index < -0.39 is 0 Å². The van der Waals surface area contributed by atoms with E-state index >= 15 is 0 Å². The van der Waals surface area contributed by atoms with Crippen molar-refractivity contribution >= 4 is 17.7 Å². The summed E-state index contributed by atoms with van der Waals surface area (Å²) in [7, 11) is 5.06. The third-order valence-corrected chi connectivity index (χ3v) is 5.30. The minimum absolute atomic E-state index is 0.0518. The van der Waals surface area contributed by atoms with Crippen LogP contribution in [0.25, 0.3) is 0 Å². The first-order chi connectivity index (χ1) is 15.5. The fourth-order valence-electron chi connectivity index (χ4n) is 3.43. The molecule has 0 radical (unpaired) electrons. The highest BCUT2D eigenvalue weighted by Crippen LogP contribution is 2.20. The molecule has 172 valence electrons. The molecule has 1 aliphatic heterocycles. The van der Waals surface area contributed by atoms with Crippen molar-refractivity contribution in [1.29, 1.82) is 0 Å². The number of anilines is 1. The number of hydrogen-bond donors (Lipinski definition) is 2. The number of nitrogens with one attached hydrogen (secondary N) is 2. The summed E-state index contributed by atoms with van der Waals surface area (Å²) in [6, 6.07) is 11.0. The lowest BCUT2D eigenvalue weighted by Gasteiger charge is -2.20. The van der Waals surface area contributed by atoms with E-state index in [0.29, 0.717) is 31.4 Å². The summed E-state index contributed by atoms with van der Waals surface area (Å²) in [5.41, 5.74) is 1.17. The second kappa shape index (κ2) is 11.3. The summed E-state index contributed by atoms with van der Waals surface area (Å²) in [6.07, 6.45) is 3.21.